The van der Waals surface area contributed by atoms with Gasteiger partial charge in [-0.05, 0) is 12.2 Å². The number of ether oxygens (including phenoxy) is 1. The molecule has 1 aromatic heterocycles. The van der Waals surface area contributed by atoms with Crippen LogP contribution in [0, 0.1) is 0 Å². The smallest absolute Gasteiger partial charge is 0.227 e. The number of hydrogen-bond acceptors (Lipinski definition) is 5. The van der Waals surface area contributed by atoms with E-state index in [0.717, 1.165) is 0 Å². The van der Waals surface area contributed by atoms with E-state index in [2.05, 4.69) is 20.2 Å². The molecule has 0 fully saturated rings. The van der Waals surface area contributed by atoms with Crippen molar-refractivity contribution in [3.05, 3.63) is 43.1 Å². The monoisotopic (exact) mass is 188 g/mol. The fraction of sp³-hybridized carbons (Fsp3) is 0.111. The molecule has 5 nitrogen and oxygen atoms in total. The zero-order valence-corrected chi connectivity index (χ0v) is 7.32. The van der Waals surface area contributed by atoms with E-state index < -0.39 is 0 Å². The molecule has 0 saturated heterocycles. The summed E-state index contributed by atoms with van der Waals surface area (Å²) >= 11 is 0. The fourth-order valence-corrected chi connectivity index (χ4v) is 0.900. The molecule has 0 saturated carbocycles. The Morgan fingerprint density at radius 2 is 2.36 bits per heavy atom. The Balaban J connectivity index is 2.01. The second kappa shape index (κ2) is 4.27. The minimum Gasteiger partial charge on any atom is -0.471 e. The molecule has 70 valence electrons. The second-order valence-electron chi connectivity index (χ2n) is 2.52. The lowest BCUT2D eigenvalue weighted by Gasteiger charge is -2.07. The molecule has 1 aromatic rings. The van der Waals surface area contributed by atoms with Crippen LogP contribution >= 0.6 is 0 Å². The lowest BCUT2D eigenvalue weighted by atomic mass is 10.4. The van der Waals surface area contributed by atoms with E-state index in [4.69, 9.17) is 4.74 Å². The molecule has 1 aliphatic heterocycles. The topological polar surface area (TPSA) is 59.7 Å². The summed E-state index contributed by atoms with van der Waals surface area (Å²) in [5.74, 6) is 0.520. The van der Waals surface area contributed by atoms with Gasteiger partial charge < -0.3 is 4.74 Å². The number of rotatable bonds is 2. The summed E-state index contributed by atoms with van der Waals surface area (Å²) in [6.45, 7) is 0. The Morgan fingerprint density at radius 3 is 3.07 bits per heavy atom. The summed E-state index contributed by atoms with van der Waals surface area (Å²) in [6.07, 6.45) is 9.69. The van der Waals surface area contributed by atoms with Crippen molar-refractivity contribution in [2.75, 3.05) is 0 Å². The van der Waals surface area contributed by atoms with Crippen molar-refractivity contribution in [1.82, 2.24) is 9.97 Å². The third kappa shape index (κ3) is 2.22. The maximum absolute atomic E-state index is 5.13. The van der Waals surface area contributed by atoms with Crippen LogP contribution in [0.25, 0.3) is 0 Å². The predicted octanol–water partition coefficient (Wildman–Crippen LogP) is 1.99. The minimum absolute atomic E-state index is 0.352. The lowest BCUT2D eigenvalue weighted by Crippen LogP contribution is -2.02. The molecular formula is C9H8N4O. The summed E-state index contributed by atoms with van der Waals surface area (Å²) < 4.78 is 5.13. The lowest BCUT2D eigenvalue weighted by molar-refractivity contribution is 0.185. The first-order valence-electron chi connectivity index (χ1n) is 4.11. The first kappa shape index (κ1) is 8.55. The van der Waals surface area contributed by atoms with E-state index in [-0.39, 0.29) is 6.23 Å². The maximum Gasteiger partial charge on any atom is 0.227 e. The molecule has 0 aliphatic carbocycles. The van der Waals surface area contributed by atoms with Gasteiger partial charge in [-0.15, -0.1) is 10.2 Å². The molecule has 1 unspecified atom stereocenters. The first-order chi connectivity index (χ1) is 6.95. The molecule has 2 heterocycles. The Kier molecular flexibility index (Phi) is 2.61. The quantitative estimate of drug-likeness (QED) is 0.667. The number of aromatic nitrogens is 2. The summed E-state index contributed by atoms with van der Waals surface area (Å²) in [5, 5.41) is 7.82. The standard InChI is InChI=1S/C9H8N4O/c1-2-6-14-9(3-1)13-12-8-4-5-10-7-11-8/h1-7,9H. The van der Waals surface area contributed by atoms with Gasteiger partial charge in [0.1, 0.15) is 6.33 Å². The van der Waals surface area contributed by atoms with Crippen LogP contribution in [-0.2, 0) is 4.74 Å². The molecule has 1 atom stereocenters. The van der Waals surface area contributed by atoms with Crippen molar-refractivity contribution < 1.29 is 4.74 Å². The van der Waals surface area contributed by atoms with Gasteiger partial charge >= 0.3 is 0 Å². The second-order valence-corrected chi connectivity index (χ2v) is 2.52. The van der Waals surface area contributed by atoms with Crippen LogP contribution in [0.5, 0.6) is 0 Å². The van der Waals surface area contributed by atoms with Crippen LogP contribution in [0.15, 0.2) is 53.3 Å². The molecule has 5 heteroatoms. The molecule has 0 aromatic carbocycles. The molecule has 1 aliphatic rings. The molecule has 14 heavy (non-hydrogen) atoms. The molecule has 2 rings (SSSR count). The minimum atomic E-state index is -0.352. The van der Waals surface area contributed by atoms with Gasteiger partial charge in [-0.25, -0.2) is 9.97 Å². The maximum atomic E-state index is 5.13. The average molecular weight is 188 g/mol. The van der Waals surface area contributed by atoms with Gasteiger partial charge in [0, 0.05) is 12.3 Å². The average Bonchev–Trinajstić information content (AvgIpc) is 2.29. The fourth-order valence-electron chi connectivity index (χ4n) is 0.900. The molecule has 0 bridgehead atoms. The Hall–Kier alpha value is -2.04. The van der Waals surface area contributed by atoms with Crippen molar-refractivity contribution in [2.24, 2.45) is 10.2 Å². The number of allylic oxidation sites excluding steroid dienone is 2. The van der Waals surface area contributed by atoms with E-state index >= 15 is 0 Å². The highest BCUT2D eigenvalue weighted by molar-refractivity contribution is 5.21. The van der Waals surface area contributed by atoms with Gasteiger partial charge in [-0.1, -0.05) is 6.08 Å². The SMILES string of the molecule is C1=COC(N=Nc2ccncn2)C=C1. The van der Waals surface area contributed by atoms with E-state index in [1.54, 1.807) is 30.7 Å². The van der Waals surface area contributed by atoms with Crippen molar-refractivity contribution in [2.45, 2.75) is 6.23 Å². The Morgan fingerprint density at radius 1 is 1.36 bits per heavy atom. The highest BCUT2D eigenvalue weighted by Gasteiger charge is 2.01. The van der Waals surface area contributed by atoms with Crippen molar-refractivity contribution in [3.63, 3.8) is 0 Å². The van der Waals surface area contributed by atoms with Gasteiger partial charge in [0.05, 0.1) is 6.26 Å². The summed E-state index contributed by atoms with van der Waals surface area (Å²) in [7, 11) is 0. The number of hydrogen-bond donors (Lipinski definition) is 0. The van der Waals surface area contributed by atoms with Crippen molar-refractivity contribution >= 4 is 5.82 Å². The summed E-state index contributed by atoms with van der Waals surface area (Å²) in [6, 6.07) is 1.67. The summed E-state index contributed by atoms with van der Waals surface area (Å²) in [5.41, 5.74) is 0. The van der Waals surface area contributed by atoms with Gasteiger partial charge in [-0.2, -0.15) is 0 Å². The molecule has 0 radical (unpaired) electrons. The van der Waals surface area contributed by atoms with Crippen molar-refractivity contribution in [3.8, 4) is 0 Å². The van der Waals surface area contributed by atoms with E-state index in [1.165, 1.54) is 6.33 Å². The normalized spacial score (nSPS) is 19.9. The van der Waals surface area contributed by atoms with Crippen LogP contribution in [-0.4, -0.2) is 16.2 Å². The van der Waals surface area contributed by atoms with Crippen LogP contribution in [0.1, 0.15) is 0 Å². The highest BCUT2D eigenvalue weighted by atomic mass is 16.5. The van der Waals surface area contributed by atoms with Crippen molar-refractivity contribution in [1.29, 1.82) is 0 Å². The van der Waals surface area contributed by atoms with Crippen LogP contribution < -0.4 is 0 Å². The van der Waals surface area contributed by atoms with Gasteiger partial charge in [0.2, 0.25) is 6.23 Å². The van der Waals surface area contributed by atoms with Gasteiger partial charge in [-0.3, -0.25) is 0 Å². The molecule has 0 spiro atoms. The Bertz CT molecular complexity index is 372. The number of azo groups is 1. The molecule has 0 amide bonds. The van der Waals surface area contributed by atoms with Crippen LogP contribution in [0.3, 0.4) is 0 Å². The third-order valence-corrected chi connectivity index (χ3v) is 1.52. The van der Waals surface area contributed by atoms with Gasteiger partial charge in [0.15, 0.2) is 5.82 Å². The summed E-state index contributed by atoms with van der Waals surface area (Å²) in [4.78, 5) is 7.66. The van der Waals surface area contributed by atoms with E-state index in [9.17, 15) is 0 Å². The zero-order chi connectivity index (χ0) is 9.64. The van der Waals surface area contributed by atoms with Crippen LogP contribution in [0.2, 0.25) is 0 Å². The van der Waals surface area contributed by atoms with E-state index in [0.29, 0.717) is 5.82 Å². The Labute approximate surface area is 80.9 Å². The largest absolute Gasteiger partial charge is 0.471 e. The van der Waals surface area contributed by atoms with E-state index in [1.807, 2.05) is 6.08 Å². The van der Waals surface area contributed by atoms with Gasteiger partial charge in [0.25, 0.3) is 0 Å². The molecular weight excluding hydrogens is 180 g/mol. The highest BCUT2D eigenvalue weighted by Crippen LogP contribution is 2.09. The predicted molar refractivity (Wildman–Crippen MR) is 49.7 cm³/mol. The first-order valence-corrected chi connectivity index (χ1v) is 4.11. The van der Waals surface area contributed by atoms with Crippen LogP contribution in [0.4, 0.5) is 5.82 Å². The zero-order valence-electron chi connectivity index (χ0n) is 7.32. The molecule has 0 N–H and O–H groups in total. The number of nitrogens with zero attached hydrogens (tertiary/aromatic N) is 4. The third-order valence-electron chi connectivity index (χ3n) is 1.52.